The Morgan fingerprint density at radius 2 is 1.76 bits per heavy atom. The number of aliphatic carboxylic acids is 1. The highest BCUT2D eigenvalue weighted by atomic mass is 16.4. The van der Waals surface area contributed by atoms with Gasteiger partial charge in [0, 0.05) is 25.2 Å². The molecule has 6 nitrogen and oxygen atoms in total. The summed E-state index contributed by atoms with van der Waals surface area (Å²) in [7, 11) is 0. The van der Waals surface area contributed by atoms with E-state index < -0.39 is 18.1 Å². The van der Waals surface area contributed by atoms with Gasteiger partial charge in [0.1, 0.15) is 6.17 Å². The zero-order chi connectivity index (χ0) is 24.7. The fourth-order valence-electron chi connectivity index (χ4n) is 4.22. The zero-order valence-corrected chi connectivity index (χ0v) is 20.3. The van der Waals surface area contributed by atoms with Crippen LogP contribution in [0.25, 0.3) is 5.57 Å². The Morgan fingerprint density at radius 3 is 2.32 bits per heavy atom. The Labute approximate surface area is 202 Å². The molecule has 0 aromatic heterocycles. The van der Waals surface area contributed by atoms with E-state index in [-0.39, 0.29) is 11.8 Å². The van der Waals surface area contributed by atoms with Crippen molar-refractivity contribution in [2.24, 2.45) is 22.6 Å². The number of rotatable bonds is 10. The third-order valence-corrected chi connectivity index (χ3v) is 6.32. The molecule has 3 rings (SSSR count). The van der Waals surface area contributed by atoms with Gasteiger partial charge in [-0.3, -0.25) is 14.6 Å². The number of carbonyl (C=O) groups is 2. The van der Waals surface area contributed by atoms with E-state index in [1.165, 1.54) is 5.57 Å². The molecule has 0 radical (unpaired) electrons. The molecule has 0 spiro atoms. The largest absolute Gasteiger partial charge is 0.481 e. The zero-order valence-electron chi connectivity index (χ0n) is 20.3. The molecule has 1 fully saturated rings. The number of aliphatic imine (C=N–C) groups is 1. The van der Waals surface area contributed by atoms with Crippen LogP contribution in [-0.2, 0) is 16.0 Å². The fraction of sp³-hybridized carbons (Fsp3) is 0.393. The highest BCUT2D eigenvalue weighted by Gasteiger charge is 2.37. The molecule has 2 atom stereocenters. The van der Waals surface area contributed by atoms with Crippen LogP contribution in [0, 0.1) is 11.8 Å². The molecule has 1 heterocycles. The second kappa shape index (κ2) is 11.7. The second-order valence-corrected chi connectivity index (χ2v) is 9.21. The molecule has 1 amide bonds. The maximum absolute atomic E-state index is 12.9. The highest BCUT2D eigenvalue weighted by molar-refractivity contribution is 6.10. The summed E-state index contributed by atoms with van der Waals surface area (Å²) in [4.78, 5) is 30.2. The van der Waals surface area contributed by atoms with Crippen molar-refractivity contribution in [3.05, 3.63) is 76.9 Å². The summed E-state index contributed by atoms with van der Waals surface area (Å²) in [5, 5.41) is 9.07. The van der Waals surface area contributed by atoms with Gasteiger partial charge in [-0.05, 0) is 49.0 Å². The minimum absolute atomic E-state index is 0.0555. The lowest BCUT2D eigenvalue weighted by atomic mass is 9.90. The summed E-state index contributed by atoms with van der Waals surface area (Å²) in [6, 6.07) is 18.1. The van der Waals surface area contributed by atoms with Gasteiger partial charge in [0.15, 0.2) is 0 Å². The smallest absolute Gasteiger partial charge is 0.310 e. The molecule has 6 heteroatoms. The van der Waals surface area contributed by atoms with Gasteiger partial charge in [-0.1, -0.05) is 73.5 Å². The summed E-state index contributed by atoms with van der Waals surface area (Å²) in [6.45, 7) is 6.82. The van der Waals surface area contributed by atoms with Crippen LogP contribution in [-0.4, -0.2) is 41.2 Å². The number of amides is 1. The van der Waals surface area contributed by atoms with Crippen LogP contribution >= 0.6 is 0 Å². The molecule has 1 saturated heterocycles. The number of hydrogen-bond acceptors (Lipinski definition) is 4. The van der Waals surface area contributed by atoms with Crippen LogP contribution in [0.5, 0.6) is 0 Å². The number of hydrogen-bond donors (Lipinski definition) is 2. The van der Waals surface area contributed by atoms with Crippen molar-refractivity contribution in [3.8, 4) is 0 Å². The normalized spacial score (nSPS) is 15.6. The maximum Gasteiger partial charge on any atom is 0.310 e. The van der Waals surface area contributed by atoms with Crippen LogP contribution in [0.4, 0.5) is 0 Å². The highest BCUT2D eigenvalue weighted by Crippen LogP contribution is 2.24. The summed E-state index contributed by atoms with van der Waals surface area (Å²) in [5.74, 6) is -1.34. The predicted octanol–water partition coefficient (Wildman–Crippen LogP) is 4.71. The van der Waals surface area contributed by atoms with E-state index in [9.17, 15) is 9.59 Å². The third-order valence-electron chi connectivity index (χ3n) is 6.32. The first-order valence-corrected chi connectivity index (χ1v) is 11.9. The minimum Gasteiger partial charge on any atom is -0.481 e. The van der Waals surface area contributed by atoms with E-state index >= 15 is 0 Å². The molecule has 3 N–H and O–H groups in total. The van der Waals surface area contributed by atoms with Crippen LogP contribution in [0.1, 0.15) is 56.5 Å². The van der Waals surface area contributed by atoms with E-state index in [2.05, 4.69) is 37.9 Å². The first-order valence-electron chi connectivity index (χ1n) is 11.9. The lowest BCUT2D eigenvalue weighted by molar-refractivity contribution is -0.154. The molecule has 0 saturated carbocycles. The number of nitrogens with zero attached hydrogens (tertiary/aromatic N) is 2. The van der Waals surface area contributed by atoms with Gasteiger partial charge in [-0.25, -0.2) is 0 Å². The average molecular weight is 462 g/mol. The summed E-state index contributed by atoms with van der Waals surface area (Å²) >= 11 is 0. The van der Waals surface area contributed by atoms with Crippen LogP contribution in [0.3, 0.4) is 0 Å². The number of allylic oxidation sites excluding steroid dienone is 2. The molecule has 1 aliphatic heterocycles. The lowest BCUT2D eigenvalue weighted by Crippen LogP contribution is -2.54. The summed E-state index contributed by atoms with van der Waals surface area (Å²) in [5.41, 5.74) is 11.7. The molecule has 0 bridgehead atoms. The molecule has 1 aliphatic rings. The van der Waals surface area contributed by atoms with E-state index in [4.69, 9.17) is 10.8 Å². The minimum atomic E-state index is -0.828. The van der Waals surface area contributed by atoms with E-state index in [0.29, 0.717) is 19.5 Å². The maximum atomic E-state index is 12.9. The van der Waals surface area contributed by atoms with Crippen LogP contribution < -0.4 is 5.73 Å². The summed E-state index contributed by atoms with van der Waals surface area (Å²) < 4.78 is 0. The second-order valence-electron chi connectivity index (χ2n) is 9.21. The first kappa shape index (κ1) is 25.4. The van der Waals surface area contributed by atoms with Crippen LogP contribution in [0.2, 0.25) is 0 Å². The van der Waals surface area contributed by atoms with Crippen molar-refractivity contribution >= 4 is 23.7 Å². The molecular formula is C28H35N3O3. The van der Waals surface area contributed by atoms with Crippen molar-refractivity contribution in [1.29, 1.82) is 0 Å². The third kappa shape index (κ3) is 6.41. The Kier molecular flexibility index (Phi) is 8.77. The molecular weight excluding hydrogens is 426 g/mol. The van der Waals surface area contributed by atoms with E-state index in [1.807, 2.05) is 48.7 Å². The SMILES string of the molecule is CCCC(Cc1ccc(C(N)/N=C\C(=C(C)C)c2ccccc2)cc1)C(=O)N1CC(C(=O)O)C1. The first-order chi connectivity index (χ1) is 16.3. The quantitative estimate of drug-likeness (QED) is 0.501. The van der Waals surface area contributed by atoms with Crippen LogP contribution in [0.15, 0.2) is 65.2 Å². The van der Waals surface area contributed by atoms with Crippen molar-refractivity contribution in [3.63, 3.8) is 0 Å². The molecule has 34 heavy (non-hydrogen) atoms. The Hall–Kier alpha value is -3.25. The lowest BCUT2D eigenvalue weighted by Gasteiger charge is -2.39. The van der Waals surface area contributed by atoms with Crippen molar-refractivity contribution < 1.29 is 14.7 Å². The predicted molar refractivity (Wildman–Crippen MR) is 136 cm³/mol. The average Bonchev–Trinajstić information content (AvgIpc) is 2.78. The molecule has 2 aromatic rings. The van der Waals surface area contributed by atoms with Gasteiger partial charge in [0.2, 0.25) is 5.91 Å². The number of nitrogens with two attached hydrogens (primary N) is 1. The number of carboxylic acid groups (broad SMARTS) is 1. The van der Waals surface area contributed by atoms with E-state index in [0.717, 1.165) is 35.1 Å². The van der Waals surface area contributed by atoms with Gasteiger partial charge < -0.3 is 15.7 Å². The molecule has 2 unspecified atom stereocenters. The van der Waals surface area contributed by atoms with Gasteiger partial charge >= 0.3 is 5.97 Å². The monoisotopic (exact) mass is 461 g/mol. The molecule has 180 valence electrons. The van der Waals surface area contributed by atoms with Gasteiger partial charge in [-0.2, -0.15) is 0 Å². The Bertz CT molecular complexity index is 1030. The molecule has 2 aromatic carbocycles. The number of carboxylic acids is 1. The topological polar surface area (TPSA) is 96.0 Å². The Balaban J connectivity index is 1.64. The molecule has 0 aliphatic carbocycles. The standard InChI is InChI=1S/C28H35N3O3/c1-4-8-23(27(32)31-17-24(18-31)28(33)34)15-20-11-13-22(14-12-20)26(29)30-16-25(19(2)3)21-9-6-5-7-10-21/h5-7,9-14,16,23-24,26H,4,8,15,17-18,29H2,1-3H3,(H,33,34)/b30-16-. The van der Waals surface area contributed by atoms with Crippen molar-refractivity contribution in [2.45, 2.75) is 46.2 Å². The van der Waals surface area contributed by atoms with Gasteiger partial charge in [0.05, 0.1) is 5.92 Å². The van der Waals surface area contributed by atoms with Crippen molar-refractivity contribution in [1.82, 2.24) is 4.90 Å². The van der Waals surface area contributed by atoms with E-state index in [1.54, 1.807) is 4.90 Å². The number of carbonyl (C=O) groups excluding carboxylic acids is 1. The van der Waals surface area contributed by atoms with Gasteiger partial charge in [-0.15, -0.1) is 0 Å². The fourth-order valence-corrected chi connectivity index (χ4v) is 4.22. The van der Waals surface area contributed by atoms with Gasteiger partial charge in [0.25, 0.3) is 0 Å². The number of benzene rings is 2. The summed E-state index contributed by atoms with van der Waals surface area (Å²) in [6.07, 6.45) is 3.68. The Morgan fingerprint density at radius 1 is 1.12 bits per heavy atom. The van der Waals surface area contributed by atoms with Crippen molar-refractivity contribution in [2.75, 3.05) is 13.1 Å². The number of likely N-dealkylation sites (tertiary alicyclic amines) is 1.